The van der Waals surface area contributed by atoms with Crippen LogP contribution in [0.5, 0.6) is 0 Å². The number of hydrogen-bond donors (Lipinski definition) is 1. The molecule has 4 aliphatic carbocycles. The molecule has 0 spiro atoms. The molecule has 1 heterocycles. The number of hydrogen-bond acceptors (Lipinski definition) is 4. The summed E-state index contributed by atoms with van der Waals surface area (Å²) < 4.78 is 33.4. The summed E-state index contributed by atoms with van der Waals surface area (Å²) in [5, 5.41) is 3.34. The first-order valence-electron chi connectivity index (χ1n) is 10.5. The highest BCUT2D eigenvalue weighted by atomic mass is 79.9. The highest BCUT2D eigenvalue weighted by Crippen LogP contribution is 2.55. The van der Waals surface area contributed by atoms with Gasteiger partial charge in [0.15, 0.2) is 0 Å². The van der Waals surface area contributed by atoms with Crippen molar-refractivity contribution in [3.63, 3.8) is 0 Å². The van der Waals surface area contributed by atoms with Crippen LogP contribution in [0.15, 0.2) is 27.6 Å². The van der Waals surface area contributed by atoms with E-state index in [1.54, 1.807) is 12.1 Å². The minimum Gasteiger partial charge on any atom is -0.379 e. The summed E-state index contributed by atoms with van der Waals surface area (Å²) in [7, 11) is -3.68. The number of nitrogens with one attached hydrogen (secondary N) is 1. The Kier molecular flexibility index (Phi) is 5.04. The number of nitrogens with zero attached hydrogens (tertiary/aromatic N) is 1. The van der Waals surface area contributed by atoms with E-state index in [9.17, 15) is 13.2 Å². The van der Waals surface area contributed by atoms with E-state index < -0.39 is 10.0 Å². The van der Waals surface area contributed by atoms with Gasteiger partial charge in [-0.2, -0.15) is 4.31 Å². The van der Waals surface area contributed by atoms with Gasteiger partial charge < -0.3 is 10.1 Å². The van der Waals surface area contributed by atoms with Gasteiger partial charge in [0.1, 0.15) is 0 Å². The van der Waals surface area contributed by atoms with Crippen molar-refractivity contribution in [2.45, 2.75) is 49.0 Å². The Morgan fingerprint density at radius 1 is 1.07 bits per heavy atom. The molecule has 1 aliphatic heterocycles. The normalized spacial score (nSPS) is 34.3. The van der Waals surface area contributed by atoms with E-state index in [2.05, 4.69) is 21.2 Å². The van der Waals surface area contributed by atoms with Crippen molar-refractivity contribution in [1.82, 2.24) is 9.62 Å². The van der Waals surface area contributed by atoms with E-state index in [0.29, 0.717) is 36.3 Å². The summed E-state index contributed by atoms with van der Waals surface area (Å²) in [4.78, 5) is 13.3. The number of sulfonamides is 1. The zero-order valence-corrected chi connectivity index (χ0v) is 18.8. The van der Waals surface area contributed by atoms with Gasteiger partial charge in [-0.25, -0.2) is 8.42 Å². The molecule has 0 radical (unpaired) electrons. The molecule has 0 unspecified atom stereocenters. The minimum absolute atomic E-state index is 0.0951. The van der Waals surface area contributed by atoms with Gasteiger partial charge in [0.2, 0.25) is 10.0 Å². The summed E-state index contributed by atoms with van der Waals surface area (Å²) in [5.41, 5.74) is 0.318. The summed E-state index contributed by atoms with van der Waals surface area (Å²) in [5.74, 6) is 2.06. The molecule has 1 aromatic carbocycles. The SMILES string of the molecule is O=C(NC12CC3CC(CC(C3)C1)C2)c1ccc(Br)c(S(=O)(=O)N2CCOCC2)c1. The predicted octanol–water partition coefficient (Wildman–Crippen LogP) is 3.17. The molecule has 4 saturated carbocycles. The van der Waals surface area contributed by atoms with E-state index in [-0.39, 0.29) is 16.3 Å². The van der Waals surface area contributed by atoms with Crippen LogP contribution in [0.25, 0.3) is 0 Å². The summed E-state index contributed by atoms with van der Waals surface area (Å²) in [6.45, 7) is 1.45. The molecular weight excluding hydrogens is 456 g/mol. The third-order valence-corrected chi connectivity index (χ3v) is 10.1. The molecule has 5 aliphatic rings. The lowest BCUT2D eigenvalue weighted by molar-refractivity contribution is -0.0167. The predicted molar refractivity (Wildman–Crippen MR) is 112 cm³/mol. The molecule has 1 N–H and O–H groups in total. The summed E-state index contributed by atoms with van der Waals surface area (Å²) in [6.07, 6.45) is 7.15. The molecule has 0 aromatic heterocycles. The van der Waals surface area contributed by atoms with Crippen LogP contribution in [-0.4, -0.2) is 50.5 Å². The number of benzene rings is 1. The van der Waals surface area contributed by atoms with Crippen molar-refractivity contribution in [3.8, 4) is 0 Å². The van der Waals surface area contributed by atoms with E-state index in [0.717, 1.165) is 37.0 Å². The molecular formula is C21H27BrN2O4S. The van der Waals surface area contributed by atoms with Crippen LogP contribution in [0, 0.1) is 17.8 Å². The number of carbonyl (C=O) groups is 1. The third-order valence-electron chi connectivity index (χ3n) is 7.20. The second kappa shape index (κ2) is 7.32. The van der Waals surface area contributed by atoms with Crippen molar-refractivity contribution < 1.29 is 17.9 Å². The van der Waals surface area contributed by atoms with Crippen LogP contribution >= 0.6 is 15.9 Å². The van der Waals surface area contributed by atoms with Gasteiger partial charge in [0, 0.05) is 28.7 Å². The van der Waals surface area contributed by atoms with Gasteiger partial charge in [0.25, 0.3) is 5.91 Å². The number of morpholine rings is 1. The second-order valence-electron chi connectivity index (χ2n) is 9.31. The third kappa shape index (κ3) is 3.66. The fourth-order valence-electron chi connectivity index (χ4n) is 6.35. The maximum atomic E-state index is 13.1. The molecule has 6 nitrogen and oxygen atoms in total. The van der Waals surface area contributed by atoms with Crippen molar-refractivity contribution in [1.29, 1.82) is 0 Å². The average Bonchev–Trinajstić information content (AvgIpc) is 2.67. The molecule has 158 valence electrons. The van der Waals surface area contributed by atoms with Crippen LogP contribution < -0.4 is 5.32 Å². The van der Waals surface area contributed by atoms with Crippen LogP contribution in [0.2, 0.25) is 0 Å². The topological polar surface area (TPSA) is 75.7 Å². The summed E-state index contributed by atoms with van der Waals surface area (Å²) >= 11 is 3.37. The molecule has 1 aromatic rings. The molecule has 1 amide bonds. The molecule has 29 heavy (non-hydrogen) atoms. The molecule has 5 fully saturated rings. The maximum Gasteiger partial charge on any atom is 0.251 e. The van der Waals surface area contributed by atoms with Gasteiger partial charge in [-0.05, 0) is 90.4 Å². The van der Waals surface area contributed by atoms with Gasteiger partial charge >= 0.3 is 0 Å². The van der Waals surface area contributed by atoms with E-state index in [4.69, 9.17) is 4.74 Å². The molecule has 6 rings (SSSR count). The van der Waals surface area contributed by atoms with Crippen LogP contribution in [0.4, 0.5) is 0 Å². The van der Waals surface area contributed by atoms with Gasteiger partial charge in [0.05, 0.1) is 18.1 Å². The fraction of sp³-hybridized carbons (Fsp3) is 0.667. The highest BCUT2D eigenvalue weighted by molar-refractivity contribution is 9.10. The average molecular weight is 483 g/mol. The Bertz CT molecular complexity index is 891. The molecule has 8 heteroatoms. The van der Waals surface area contributed by atoms with Crippen molar-refractivity contribution in [3.05, 3.63) is 28.2 Å². The first-order valence-corrected chi connectivity index (χ1v) is 12.8. The quantitative estimate of drug-likeness (QED) is 0.714. The zero-order valence-electron chi connectivity index (χ0n) is 16.4. The van der Waals surface area contributed by atoms with Crippen molar-refractivity contribution in [2.75, 3.05) is 26.3 Å². The van der Waals surface area contributed by atoms with Crippen molar-refractivity contribution >= 4 is 31.9 Å². The molecule has 0 atom stereocenters. The Hall–Kier alpha value is -0.960. The van der Waals surface area contributed by atoms with E-state index in [1.165, 1.54) is 29.6 Å². The highest BCUT2D eigenvalue weighted by Gasteiger charge is 2.51. The monoisotopic (exact) mass is 482 g/mol. The first-order chi connectivity index (χ1) is 13.8. The lowest BCUT2D eigenvalue weighted by Gasteiger charge is -2.56. The largest absolute Gasteiger partial charge is 0.379 e. The van der Waals surface area contributed by atoms with Gasteiger partial charge in [-0.15, -0.1) is 0 Å². The fourth-order valence-corrected chi connectivity index (χ4v) is 8.70. The Morgan fingerprint density at radius 3 is 2.24 bits per heavy atom. The number of rotatable bonds is 4. The Balaban J connectivity index is 1.39. The summed E-state index contributed by atoms with van der Waals surface area (Å²) in [6, 6.07) is 4.89. The van der Waals surface area contributed by atoms with Crippen LogP contribution in [0.3, 0.4) is 0 Å². The lowest BCUT2D eigenvalue weighted by Crippen LogP contribution is -2.59. The van der Waals surface area contributed by atoms with Crippen molar-refractivity contribution in [2.24, 2.45) is 17.8 Å². The van der Waals surface area contributed by atoms with E-state index >= 15 is 0 Å². The smallest absolute Gasteiger partial charge is 0.251 e. The minimum atomic E-state index is -3.68. The Labute approximate surface area is 180 Å². The zero-order chi connectivity index (χ0) is 20.2. The number of ether oxygens (including phenoxy) is 1. The van der Waals surface area contributed by atoms with E-state index in [1.807, 2.05) is 0 Å². The number of carbonyl (C=O) groups excluding carboxylic acids is 1. The molecule has 1 saturated heterocycles. The molecule has 4 bridgehead atoms. The van der Waals surface area contributed by atoms with Crippen LogP contribution in [0.1, 0.15) is 48.9 Å². The van der Waals surface area contributed by atoms with Gasteiger partial charge in [-0.1, -0.05) is 0 Å². The van der Waals surface area contributed by atoms with Gasteiger partial charge in [-0.3, -0.25) is 4.79 Å². The van der Waals surface area contributed by atoms with Crippen LogP contribution in [-0.2, 0) is 14.8 Å². The number of halogens is 1. The first kappa shape index (κ1) is 20.0. The number of amides is 1. The Morgan fingerprint density at radius 2 is 1.66 bits per heavy atom. The second-order valence-corrected chi connectivity index (χ2v) is 12.1. The standard InChI is InChI=1S/C21H27BrN2O4S/c22-18-2-1-17(10-19(18)29(26,27)24-3-5-28-6-4-24)20(25)23-21-11-14-7-15(12-21)9-16(8-14)13-21/h1-2,10,14-16H,3-9,11-13H2,(H,23,25). The maximum absolute atomic E-state index is 13.1. The lowest BCUT2D eigenvalue weighted by atomic mass is 9.53.